The molecule has 0 spiro atoms. The van der Waals surface area contributed by atoms with Gasteiger partial charge in [-0.05, 0) is 23.1 Å². The van der Waals surface area contributed by atoms with Crippen LogP contribution in [0, 0.1) is 5.95 Å². The molecule has 1 atom stereocenters. The number of nitrogens with zero attached hydrogens (tertiary/aromatic N) is 4. The normalized spacial score (nSPS) is 13.1. The van der Waals surface area contributed by atoms with E-state index in [1.165, 1.54) is 29.8 Å². The Kier molecular flexibility index (Phi) is 5.16. The minimum Gasteiger partial charge on any atom is -0.375 e. The van der Waals surface area contributed by atoms with Crippen LogP contribution in [0.15, 0.2) is 42.7 Å². The maximum atomic E-state index is 13.5. The van der Waals surface area contributed by atoms with Crippen LogP contribution in [0.3, 0.4) is 0 Å². The molecule has 0 saturated heterocycles. The minimum absolute atomic E-state index is 0.0849. The van der Waals surface area contributed by atoms with Crippen LogP contribution >= 0.6 is 11.3 Å². The van der Waals surface area contributed by atoms with Crippen LogP contribution in [0.1, 0.15) is 11.4 Å². The van der Waals surface area contributed by atoms with Crippen LogP contribution in [-0.2, 0) is 19.1 Å². The number of pyridine rings is 1. The molecule has 4 rings (SSSR count). The second-order valence-corrected chi connectivity index (χ2v) is 7.81. The molecule has 3 aromatic heterocycles. The van der Waals surface area contributed by atoms with Crippen LogP contribution < -0.4 is 11.5 Å². The van der Waals surface area contributed by atoms with Crippen molar-refractivity contribution >= 4 is 27.2 Å². The lowest BCUT2D eigenvalue weighted by atomic mass is 10.0. The Balaban J connectivity index is 1.57. The lowest BCUT2D eigenvalue weighted by Crippen LogP contribution is -2.29. The number of aromatic nitrogens is 4. The van der Waals surface area contributed by atoms with Gasteiger partial charge in [-0.15, -0.1) is 0 Å². The van der Waals surface area contributed by atoms with Crippen molar-refractivity contribution in [1.82, 2.24) is 19.7 Å². The van der Waals surface area contributed by atoms with E-state index in [9.17, 15) is 17.6 Å². The molecule has 0 unspecified atom stereocenters. The SMILES string of the molecule is Nc1nc(C[C@H](N)Cn2ccc(C(F)(F)F)n2)c(-c2ccc3cnc(F)cc3c2)s1. The number of halogens is 4. The van der Waals surface area contributed by atoms with Crippen molar-refractivity contribution < 1.29 is 17.6 Å². The van der Waals surface area contributed by atoms with Gasteiger partial charge in [0.1, 0.15) is 0 Å². The van der Waals surface area contributed by atoms with Gasteiger partial charge in [0.25, 0.3) is 0 Å². The van der Waals surface area contributed by atoms with E-state index in [2.05, 4.69) is 15.1 Å². The topological polar surface area (TPSA) is 95.6 Å². The molecule has 0 saturated carbocycles. The summed E-state index contributed by atoms with van der Waals surface area (Å²) in [6.07, 6.45) is -1.53. The van der Waals surface area contributed by atoms with Gasteiger partial charge in [-0.3, -0.25) is 4.68 Å². The number of fused-ring (bicyclic) bond motifs is 1. The van der Waals surface area contributed by atoms with E-state index in [1.54, 1.807) is 0 Å². The fraction of sp³-hybridized carbons (Fsp3) is 0.211. The summed E-state index contributed by atoms with van der Waals surface area (Å²) in [7, 11) is 0. The Labute approximate surface area is 172 Å². The van der Waals surface area contributed by atoms with Gasteiger partial charge in [0.15, 0.2) is 10.8 Å². The molecular weight excluding hydrogens is 420 g/mol. The zero-order chi connectivity index (χ0) is 21.5. The molecule has 0 bridgehead atoms. The fourth-order valence-electron chi connectivity index (χ4n) is 3.16. The minimum atomic E-state index is -4.50. The molecule has 0 fully saturated rings. The molecule has 1 aromatic carbocycles. The number of benzene rings is 1. The Bertz CT molecular complexity index is 1200. The van der Waals surface area contributed by atoms with Gasteiger partial charge < -0.3 is 11.5 Å². The van der Waals surface area contributed by atoms with Gasteiger partial charge in [0.2, 0.25) is 5.95 Å². The van der Waals surface area contributed by atoms with E-state index >= 15 is 0 Å². The average molecular weight is 436 g/mol. The summed E-state index contributed by atoms with van der Waals surface area (Å²) in [5, 5.41) is 5.32. The molecular formula is C19H16F4N6S. The van der Waals surface area contributed by atoms with Gasteiger partial charge in [-0.25, -0.2) is 9.97 Å². The first kappa shape index (κ1) is 20.2. The number of rotatable bonds is 5. The molecule has 6 nitrogen and oxygen atoms in total. The zero-order valence-corrected chi connectivity index (χ0v) is 16.2. The Morgan fingerprint density at radius 2 is 1.93 bits per heavy atom. The first-order valence-corrected chi connectivity index (χ1v) is 9.68. The van der Waals surface area contributed by atoms with Crippen LogP contribution in [0.4, 0.5) is 22.7 Å². The van der Waals surface area contributed by atoms with Crippen molar-refractivity contribution in [2.24, 2.45) is 5.73 Å². The largest absolute Gasteiger partial charge is 0.435 e. The van der Waals surface area contributed by atoms with E-state index in [0.717, 1.165) is 26.6 Å². The lowest BCUT2D eigenvalue weighted by Gasteiger charge is -2.12. The zero-order valence-electron chi connectivity index (χ0n) is 15.4. The highest BCUT2D eigenvalue weighted by Gasteiger charge is 2.33. The summed E-state index contributed by atoms with van der Waals surface area (Å²) >= 11 is 1.27. The molecule has 0 aliphatic rings. The molecule has 4 N–H and O–H groups in total. The highest BCUT2D eigenvalue weighted by molar-refractivity contribution is 7.18. The van der Waals surface area contributed by atoms with E-state index in [4.69, 9.17) is 11.5 Å². The molecule has 0 amide bonds. The standard InChI is InChI=1S/C19H16F4N6S/c20-16-6-12-5-10(1-2-11(12)8-26-16)17-14(27-18(25)30-17)7-13(24)9-29-4-3-15(28-29)19(21,22)23/h1-6,8,13H,7,9,24H2,(H2,25,27)/t13-/m0/s1. The smallest absolute Gasteiger partial charge is 0.375 e. The number of nitrogen functional groups attached to an aromatic ring is 1. The average Bonchev–Trinajstić information content (AvgIpc) is 3.27. The highest BCUT2D eigenvalue weighted by atomic mass is 32.1. The Morgan fingerprint density at radius 3 is 2.67 bits per heavy atom. The summed E-state index contributed by atoms with van der Waals surface area (Å²) in [4.78, 5) is 8.74. The van der Waals surface area contributed by atoms with Crippen LogP contribution in [0.5, 0.6) is 0 Å². The monoisotopic (exact) mass is 436 g/mol. The second kappa shape index (κ2) is 7.65. The first-order valence-electron chi connectivity index (χ1n) is 8.86. The molecule has 156 valence electrons. The predicted octanol–water partition coefficient (Wildman–Crippen LogP) is 3.86. The number of anilines is 1. The fourth-order valence-corrected chi connectivity index (χ4v) is 4.01. The van der Waals surface area contributed by atoms with Gasteiger partial charge in [0, 0.05) is 36.3 Å². The van der Waals surface area contributed by atoms with Crippen LogP contribution in [0.2, 0.25) is 0 Å². The third-order valence-corrected chi connectivity index (χ3v) is 5.45. The molecule has 4 aromatic rings. The summed E-state index contributed by atoms with van der Waals surface area (Å²) in [6, 6.07) is 7.19. The van der Waals surface area contributed by atoms with E-state index in [-0.39, 0.29) is 13.0 Å². The summed E-state index contributed by atoms with van der Waals surface area (Å²) in [5.41, 5.74) is 12.5. The maximum absolute atomic E-state index is 13.5. The number of hydrogen-bond donors (Lipinski definition) is 2. The van der Waals surface area contributed by atoms with E-state index < -0.39 is 23.9 Å². The third kappa shape index (κ3) is 4.26. The quantitative estimate of drug-likeness (QED) is 0.366. The Morgan fingerprint density at radius 1 is 1.13 bits per heavy atom. The van der Waals surface area contributed by atoms with Crippen molar-refractivity contribution in [3.05, 3.63) is 60.1 Å². The highest BCUT2D eigenvalue weighted by Crippen LogP contribution is 2.34. The van der Waals surface area contributed by atoms with Crippen molar-refractivity contribution in [3.8, 4) is 10.4 Å². The van der Waals surface area contributed by atoms with Gasteiger partial charge in [0.05, 0.1) is 17.1 Å². The number of alkyl halides is 3. The van der Waals surface area contributed by atoms with Crippen molar-refractivity contribution in [1.29, 1.82) is 0 Å². The molecule has 0 aliphatic heterocycles. The summed E-state index contributed by atoms with van der Waals surface area (Å²) in [5.74, 6) is -0.580. The van der Waals surface area contributed by atoms with Crippen molar-refractivity contribution in [3.63, 3.8) is 0 Å². The van der Waals surface area contributed by atoms with Gasteiger partial charge >= 0.3 is 6.18 Å². The van der Waals surface area contributed by atoms with Crippen LogP contribution in [-0.4, -0.2) is 25.8 Å². The molecule has 0 radical (unpaired) electrons. The second-order valence-electron chi connectivity index (χ2n) is 6.78. The molecule has 3 heterocycles. The van der Waals surface area contributed by atoms with Crippen LogP contribution in [0.25, 0.3) is 21.2 Å². The Hall–Kier alpha value is -3.05. The van der Waals surface area contributed by atoms with Crippen molar-refractivity contribution in [2.45, 2.75) is 25.2 Å². The lowest BCUT2D eigenvalue weighted by molar-refractivity contribution is -0.141. The van der Waals surface area contributed by atoms with Crippen molar-refractivity contribution in [2.75, 3.05) is 5.73 Å². The molecule has 30 heavy (non-hydrogen) atoms. The summed E-state index contributed by atoms with van der Waals surface area (Å²) in [6.45, 7) is 0.0849. The summed E-state index contributed by atoms with van der Waals surface area (Å²) < 4.78 is 52.8. The predicted molar refractivity (Wildman–Crippen MR) is 106 cm³/mol. The third-order valence-electron chi connectivity index (χ3n) is 4.47. The number of nitrogens with two attached hydrogens (primary N) is 2. The van der Waals surface area contributed by atoms with Gasteiger partial charge in [-0.1, -0.05) is 23.5 Å². The molecule has 11 heteroatoms. The first-order chi connectivity index (χ1) is 14.2. The van der Waals surface area contributed by atoms with E-state index in [1.807, 2.05) is 18.2 Å². The maximum Gasteiger partial charge on any atom is 0.435 e. The number of hydrogen-bond acceptors (Lipinski definition) is 6. The molecule has 0 aliphatic carbocycles. The van der Waals surface area contributed by atoms with Gasteiger partial charge in [-0.2, -0.15) is 22.7 Å². The number of thiazole rings is 1. The van der Waals surface area contributed by atoms with E-state index in [0.29, 0.717) is 16.2 Å².